The molecule has 160 valence electrons. The Morgan fingerprint density at radius 2 is 2.03 bits per heavy atom. The van der Waals surface area contributed by atoms with E-state index in [1.54, 1.807) is 47.0 Å². The number of pyridine rings is 2. The summed E-state index contributed by atoms with van der Waals surface area (Å²) in [5, 5.41) is 2.65. The van der Waals surface area contributed by atoms with Crippen molar-refractivity contribution in [3.63, 3.8) is 0 Å². The third-order valence-corrected chi connectivity index (χ3v) is 5.75. The van der Waals surface area contributed by atoms with Gasteiger partial charge >= 0.3 is 0 Å². The van der Waals surface area contributed by atoms with Gasteiger partial charge in [0.1, 0.15) is 22.6 Å². The van der Waals surface area contributed by atoms with Gasteiger partial charge in [0.2, 0.25) is 11.8 Å². The number of alkyl halides is 1. The van der Waals surface area contributed by atoms with Crippen molar-refractivity contribution in [1.29, 1.82) is 0 Å². The molecule has 4 heterocycles. The fourth-order valence-electron chi connectivity index (χ4n) is 3.89. The average Bonchev–Trinajstić information content (AvgIpc) is 3.29. The highest BCUT2D eigenvalue weighted by Gasteiger charge is 2.40. The quantitative estimate of drug-likeness (QED) is 0.442. The van der Waals surface area contributed by atoms with E-state index in [1.807, 2.05) is 6.07 Å². The molecule has 1 aliphatic rings. The number of rotatable bonds is 5. The van der Waals surface area contributed by atoms with Gasteiger partial charge in [-0.1, -0.05) is 12.1 Å². The van der Waals surface area contributed by atoms with Crippen molar-refractivity contribution in [3.8, 4) is 0 Å². The summed E-state index contributed by atoms with van der Waals surface area (Å²) in [6.45, 7) is 1.32. The van der Waals surface area contributed by atoms with Gasteiger partial charge in [-0.2, -0.15) is 0 Å². The van der Waals surface area contributed by atoms with Crippen LogP contribution in [-0.2, 0) is 16.0 Å². The summed E-state index contributed by atoms with van der Waals surface area (Å²) in [7, 11) is 0. The zero-order valence-corrected chi connectivity index (χ0v) is 18.3. The van der Waals surface area contributed by atoms with Gasteiger partial charge in [-0.15, -0.1) is 0 Å². The molecule has 31 heavy (non-hydrogen) atoms. The van der Waals surface area contributed by atoms with Crippen LogP contribution in [0.5, 0.6) is 0 Å². The van der Waals surface area contributed by atoms with E-state index < -0.39 is 18.1 Å². The molecule has 1 saturated heterocycles. The van der Waals surface area contributed by atoms with Gasteiger partial charge in [0.05, 0.1) is 18.5 Å². The SMILES string of the molecule is CC(=O)c1cc(CC(=O)N2C[C@H](F)C[C@H]2C(=O)Nc2cccc(Br)n2)n2ccccc12. The number of halogens is 2. The molecule has 1 N–H and O–H groups in total. The molecule has 0 spiro atoms. The van der Waals surface area contributed by atoms with Crippen LogP contribution in [0.25, 0.3) is 5.52 Å². The van der Waals surface area contributed by atoms with Gasteiger partial charge in [0.15, 0.2) is 5.78 Å². The number of anilines is 1. The van der Waals surface area contributed by atoms with Gasteiger partial charge < -0.3 is 14.6 Å². The number of fused-ring (bicyclic) bond motifs is 1. The Morgan fingerprint density at radius 3 is 2.77 bits per heavy atom. The minimum Gasteiger partial charge on any atom is -0.327 e. The van der Waals surface area contributed by atoms with Crippen molar-refractivity contribution in [3.05, 3.63) is 64.5 Å². The maximum absolute atomic E-state index is 14.2. The summed E-state index contributed by atoms with van der Waals surface area (Å²) in [6, 6.07) is 11.2. The van der Waals surface area contributed by atoms with Crippen molar-refractivity contribution in [2.24, 2.45) is 0 Å². The molecule has 2 amide bonds. The molecule has 0 bridgehead atoms. The molecule has 3 aromatic rings. The molecule has 1 aliphatic heterocycles. The Labute approximate surface area is 186 Å². The number of ketones is 1. The molecule has 0 aliphatic carbocycles. The standard InChI is InChI=1S/C22H20BrFN4O3/c1-13(29)16-10-15(27-8-3-2-5-17(16)27)11-21(30)28-12-14(24)9-18(28)22(31)26-20-7-4-6-19(23)25-20/h2-8,10,14,18H,9,11-12H2,1H3,(H,25,26,31)/t14-,18+/m1/s1. The number of Topliss-reactive ketones (excluding diaryl/α,β-unsaturated/α-hetero) is 1. The number of hydrogen-bond donors (Lipinski definition) is 1. The van der Waals surface area contributed by atoms with E-state index in [0.717, 1.165) is 0 Å². The highest BCUT2D eigenvalue weighted by atomic mass is 79.9. The van der Waals surface area contributed by atoms with E-state index in [4.69, 9.17) is 0 Å². The molecule has 3 aromatic heterocycles. The number of likely N-dealkylation sites (tertiary alicyclic amines) is 1. The molecule has 9 heteroatoms. The lowest BCUT2D eigenvalue weighted by Gasteiger charge is -2.23. The molecular weight excluding hydrogens is 467 g/mol. The summed E-state index contributed by atoms with van der Waals surface area (Å²) in [5.74, 6) is -0.645. The van der Waals surface area contributed by atoms with E-state index in [1.165, 1.54) is 11.8 Å². The first-order valence-corrected chi connectivity index (χ1v) is 10.6. The number of nitrogens with zero attached hydrogens (tertiary/aromatic N) is 3. The predicted octanol–water partition coefficient (Wildman–Crippen LogP) is 3.42. The minimum absolute atomic E-state index is 0.0515. The molecule has 1 fully saturated rings. The molecule has 0 radical (unpaired) electrons. The van der Waals surface area contributed by atoms with Crippen LogP contribution in [0, 0.1) is 0 Å². The zero-order valence-electron chi connectivity index (χ0n) is 16.7. The summed E-state index contributed by atoms with van der Waals surface area (Å²) < 4.78 is 16.5. The Balaban J connectivity index is 1.55. The first-order chi connectivity index (χ1) is 14.8. The smallest absolute Gasteiger partial charge is 0.248 e. The summed E-state index contributed by atoms with van der Waals surface area (Å²) in [5.41, 5.74) is 1.83. The lowest BCUT2D eigenvalue weighted by atomic mass is 10.1. The van der Waals surface area contributed by atoms with Gasteiger partial charge in [-0.05, 0) is 53.2 Å². The van der Waals surface area contributed by atoms with Gasteiger partial charge in [-0.25, -0.2) is 9.37 Å². The van der Waals surface area contributed by atoms with Crippen LogP contribution in [0.2, 0.25) is 0 Å². The molecule has 0 unspecified atom stereocenters. The van der Waals surface area contributed by atoms with E-state index in [2.05, 4.69) is 26.2 Å². The van der Waals surface area contributed by atoms with Crippen molar-refractivity contribution in [2.75, 3.05) is 11.9 Å². The van der Waals surface area contributed by atoms with Gasteiger partial charge in [-0.3, -0.25) is 14.4 Å². The largest absolute Gasteiger partial charge is 0.327 e. The second-order valence-corrected chi connectivity index (χ2v) is 8.28. The Morgan fingerprint density at radius 1 is 1.23 bits per heavy atom. The van der Waals surface area contributed by atoms with Gasteiger partial charge in [0.25, 0.3) is 0 Å². The Bertz CT molecular complexity index is 1180. The lowest BCUT2D eigenvalue weighted by molar-refractivity contribution is -0.136. The zero-order chi connectivity index (χ0) is 22.1. The van der Waals surface area contributed by atoms with E-state index >= 15 is 0 Å². The predicted molar refractivity (Wildman–Crippen MR) is 117 cm³/mol. The Kier molecular flexibility index (Phi) is 5.86. The van der Waals surface area contributed by atoms with Crippen LogP contribution in [0.15, 0.2) is 53.3 Å². The summed E-state index contributed by atoms with van der Waals surface area (Å²) in [4.78, 5) is 43.2. The van der Waals surface area contributed by atoms with Crippen molar-refractivity contribution >= 4 is 44.9 Å². The molecule has 0 saturated carbocycles. The lowest BCUT2D eigenvalue weighted by Crippen LogP contribution is -2.44. The number of hydrogen-bond acceptors (Lipinski definition) is 4. The third kappa shape index (κ3) is 4.36. The first-order valence-electron chi connectivity index (χ1n) is 9.80. The fourth-order valence-corrected chi connectivity index (χ4v) is 4.24. The highest BCUT2D eigenvalue weighted by Crippen LogP contribution is 2.25. The maximum atomic E-state index is 14.2. The van der Waals surface area contributed by atoms with Crippen LogP contribution in [0.3, 0.4) is 0 Å². The number of carbonyl (C=O) groups is 3. The van der Waals surface area contributed by atoms with Crippen LogP contribution >= 0.6 is 15.9 Å². The molecule has 2 atom stereocenters. The molecule has 7 nitrogen and oxygen atoms in total. The molecule has 4 rings (SSSR count). The second kappa shape index (κ2) is 8.58. The highest BCUT2D eigenvalue weighted by molar-refractivity contribution is 9.10. The van der Waals surface area contributed by atoms with Crippen LogP contribution in [-0.4, -0.2) is 50.6 Å². The van der Waals surface area contributed by atoms with Crippen LogP contribution < -0.4 is 5.32 Å². The van der Waals surface area contributed by atoms with Crippen LogP contribution in [0.1, 0.15) is 29.4 Å². The van der Waals surface area contributed by atoms with Crippen molar-refractivity contribution in [1.82, 2.24) is 14.3 Å². The number of carbonyl (C=O) groups excluding carboxylic acids is 3. The summed E-state index contributed by atoms with van der Waals surface area (Å²) >= 11 is 3.24. The van der Waals surface area contributed by atoms with Crippen LogP contribution in [0.4, 0.5) is 10.2 Å². The van der Waals surface area contributed by atoms with Gasteiger partial charge in [0, 0.05) is 23.9 Å². The van der Waals surface area contributed by atoms with Crippen molar-refractivity contribution < 1.29 is 18.8 Å². The monoisotopic (exact) mass is 486 g/mol. The van der Waals surface area contributed by atoms with E-state index in [9.17, 15) is 18.8 Å². The fraction of sp³-hybridized carbons (Fsp3) is 0.273. The summed E-state index contributed by atoms with van der Waals surface area (Å²) in [6.07, 6.45) is 0.366. The van der Waals surface area contributed by atoms with Crippen molar-refractivity contribution in [2.45, 2.75) is 32.0 Å². The molecule has 0 aromatic carbocycles. The van der Waals surface area contributed by atoms with E-state index in [-0.39, 0.29) is 31.1 Å². The van der Waals surface area contributed by atoms with E-state index in [0.29, 0.717) is 27.2 Å². The third-order valence-electron chi connectivity index (χ3n) is 5.31. The maximum Gasteiger partial charge on any atom is 0.248 e. The second-order valence-electron chi connectivity index (χ2n) is 7.47. The number of aromatic nitrogens is 2. The number of amides is 2. The topological polar surface area (TPSA) is 83.8 Å². The average molecular weight is 487 g/mol. The number of nitrogens with one attached hydrogen (secondary N) is 1. The first kappa shape index (κ1) is 21.2. The molecular formula is C22H20BrFN4O3. The minimum atomic E-state index is -1.29. The normalized spacial score (nSPS) is 18.4. The Hall–Kier alpha value is -3.07.